The molecule has 1 spiro atoms. The Morgan fingerprint density at radius 3 is 2.32 bits per heavy atom. The normalized spacial score (nSPS) is 27.0. The second-order valence-electron chi connectivity index (χ2n) is 11.0. The van der Waals surface area contributed by atoms with E-state index >= 15 is 0 Å². The summed E-state index contributed by atoms with van der Waals surface area (Å²) in [5.41, 5.74) is 2.39. The average Bonchev–Trinajstić information content (AvgIpc) is 3.64. The zero-order valence-electron chi connectivity index (χ0n) is 22.4. The Labute approximate surface area is 248 Å². The first-order valence-corrected chi connectivity index (χ1v) is 15.2. The number of aliphatic hydroxyl groups is 1. The number of halogens is 1. The molecule has 6 atom stereocenters. The van der Waals surface area contributed by atoms with Crippen molar-refractivity contribution in [2.24, 2.45) is 11.8 Å². The average molecular weight is 590 g/mol. The van der Waals surface area contributed by atoms with Gasteiger partial charge >= 0.3 is 0 Å². The lowest BCUT2D eigenvalue weighted by Gasteiger charge is -2.37. The van der Waals surface area contributed by atoms with Crippen molar-refractivity contribution >= 4 is 46.8 Å². The van der Waals surface area contributed by atoms with Gasteiger partial charge in [0.25, 0.3) is 0 Å². The van der Waals surface area contributed by atoms with Crippen LogP contribution in [0.5, 0.6) is 0 Å². The third-order valence-corrected chi connectivity index (χ3v) is 10.9. The predicted octanol–water partition coefficient (Wildman–Crippen LogP) is 4.29. The molecule has 212 valence electrons. The number of nitrogens with one attached hydrogen (secondary N) is 2. The molecule has 3 N–H and O–H groups in total. The zero-order valence-corrected chi connectivity index (χ0v) is 24.0. The number of para-hydroxylation sites is 1. The van der Waals surface area contributed by atoms with Crippen LogP contribution in [0.3, 0.4) is 0 Å². The van der Waals surface area contributed by atoms with Gasteiger partial charge in [0.15, 0.2) is 0 Å². The van der Waals surface area contributed by atoms with Gasteiger partial charge < -0.3 is 20.6 Å². The summed E-state index contributed by atoms with van der Waals surface area (Å²) < 4.78 is -0.772. The van der Waals surface area contributed by atoms with Crippen LogP contribution in [-0.4, -0.2) is 56.4 Å². The summed E-state index contributed by atoms with van der Waals surface area (Å²) >= 11 is 7.98. The number of hydrogen-bond donors (Lipinski definition) is 3. The van der Waals surface area contributed by atoms with Crippen molar-refractivity contribution < 1.29 is 19.5 Å². The van der Waals surface area contributed by atoms with Crippen molar-refractivity contribution in [1.82, 2.24) is 10.2 Å². The number of aliphatic hydroxyl groups excluding tert-OH is 1. The molecule has 0 radical (unpaired) electrons. The molecule has 3 aromatic carbocycles. The van der Waals surface area contributed by atoms with Gasteiger partial charge in [0.2, 0.25) is 17.7 Å². The molecule has 3 heterocycles. The fraction of sp³-hybridized carbons (Fsp3) is 0.344. The predicted molar refractivity (Wildman–Crippen MR) is 160 cm³/mol. The maximum absolute atomic E-state index is 14.4. The van der Waals surface area contributed by atoms with E-state index in [4.69, 9.17) is 11.6 Å². The molecular weight excluding hydrogens is 558 g/mol. The number of carbonyl (C=O) groups is 3. The molecule has 3 amide bonds. The Balaban J connectivity index is 1.34. The second-order valence-corrected chi connectivity index (χ2v) is 13.0. The summed E-state index contributed by atoms with van der Waals surface area (Å²) in [6.07, 6.45) is 1.77. The molecule has 41 heavy (non-hydrogen) atoms. The molecule has 0 aliphatic carbocycles. The highest BCUT2D eigenvalue weighted by Crippen LogP contribution is 2.66. The molecule has 9 heteroatoms. The van der Waals surface area contributed by atoms with E-state index in [2.05, 4.69) is 10.6 Å². The fourth-order valence-corrected chi connectivity index (χ4v) is 9.28. The Morgan fingerprint density at radius 2 is 1.63 bits per heavy atom. The number of benzene rings is 3. The van der Waals surface area contributed by atoms with E-state index in [0.717, 1.165) is 17.5 Å². The third-order valence-electron chi connectivity index (χ3n) is 8.65. The van der Waals surface area contributed by atoms with Crippen LogP contribution < -0.4 is 10.6 Å². The molecule has 3 aliphatic rings. The van der Waals surface area contributed by atoms with Crippen molar-refractivity contribution in [1.29, 1.82) is 0 Å². The number of rotatable bonds is 9. The van der Waals surface area contributed by atoms with Gasteiger partial charge in [-0.05, 0) is 42.5 Å². The summed E-state index contributed by atoms with van der Waals surface area (Å²) in [5.74, 6) is -1.97. The first kappa shape index (κ1) is 27.8. The maximum atomic E-state index is 14.4. The minimum absolute atomic E-state index is 0.0563. The minimum atomic E-state index is -0.862. The summed E-state index contributed by atoms with van der Waals surface area (Å²) in [6, 6.07) is 24.8. The quantitative estimate of drug-likeness (QED) is 0.346. The highest BCUT2D eigenvalue weighted by molar-refractivity contribution is 8.02. The van der Waals surface area contributed by atoms with Crippen LogP contribution in [-0.2, 0) is 27.3 Å². The Bertz CT molecular complexity index is 1440. The first-order chi connectivity index (χ1) is 19.9. The summed E-state index contributed by atoms with van der Waals surface area (Å²) in [4.78, 5) is 43.8. The number of amides is 3. The van der Waals surface area contributed by atoms with Crippen LogP contribution >= 0.6 is 23.4 Å². The molecular formula is C32H32ClN3O4S. The Hall–Kier alpha value is -3.33. The van der Waals surface area contributed by atoms with Crippen LogP contribution in [0.4, 0.5) is 5.69 Å². The van der Waals surface area contributed by atoms with E-state index in [1.165, 1.54) is 0 Å². The Morgan fingerprint density at radius 1 is 0.976 bits per heavy atom. The smallest absolute Gasteiger partial charge is 0.248 e. The van der Waals surface area contributed by atoms with Crippen LogP contribution in [0, 0.1) is 11.8 Å². The molecule has 6 rings (SSSR count). The van der Waals surface area contributed by atoms with E-state index in [0.29, 0.717) is 30.1 Å². The van der Waals surface area contributed by atoms with Gasteiger partial charge in [0.05, 0.1) is 39.9 Å². The van der Waals surface area contributed by atoms with Crippen LogP contribution in [0.2, 0.25) is 5.02 Å². The summed E-state index contributed by atoms with van der Waals surface area (Å²) in [5, 5.41) is 16.9. The van der Waals surface area contributed by atoms with Gasteiger partial charge in [-0.3, -0.25) is 14.4 Å². The van der Waals surface area contributed by atoms with Gasteiger partial charge in [-0.2, -0.15) is 0 Å². The van der Waals surface area contributed by atoms with Crippen LogP contribution in [0.15, 0.2) is 84.9 Å². The van der Waals surface area contributed by atoms with Crippen molar-refractivity contribution in [3.63, 3.8) is 0 Å². The summed E-state index contributed by atoms with van der Waals surface area (Å²) in [6.45, 7) is 0.0626. The van der Waals surface area contributed by atoms with Gasteiger partial charge in [-0.1, -0.05) is 84.4 Å². The number of thioether (sulfide) groups is 1. The van der Waals surface area contributed by atoms with Gasteiger partial charge in [-0.25, -0.2) is 0 Å². The number of nitrogens with zero attached hydrogens (tertiary/aromatic N) is 1. The lowest BCUT2D eigenvalue weighted by atomic mass is 9.70. The largest absolute Gasteiger partial charge is 0.394 e. The number of hydrogen-bond acceptors (Lipinski definition) is 5. The fourth-order valence-electron chi connectivity index (χ4n) is 6.89. The first-order valence-electron chi connectivity index (χ1n) is 13.9. The zero-order chi connectivity index (χ0) is 28.6. The lowest BCUT2D eigenvalue weighted by molar-refractivity contribution is -0.142. The molecule has 2 unspecified atom stereocenters. The van der Waals surface area contributed by atoms with Gasteiger partial charge in [0, 0.05) is 11.8 Å². The molecule has 0 aromatic heterocycles. The Kier molecular flexibility index (Phi) is 7.81. The second kappa shape index (κ2) is 11.5. The molecule has 0 saturated carbocycles. The minimum Gasteiger partial charge on any atom is -0.394 e. The number of anilines is 1. The molecule has 7 nitrogen and oxygen atoms in total. The van der Waals surface area contributed by atoms with E-state index in [9.17, 15) is 19.5 Å². The third kappa shape index (κ3) is 5.02. The monoisotopic (exact) mass is 589 g/mol. The van der Waals surface area contributed by atoms with Crippen molar-refractivity contribution in [2.75, 3.05) is 11.9 Å². The summed E-state index contributed by atoms with van der Waals surface area (Å²) in [7, 11) is 0. The van der Waals surface area contributed by atoms with E-state index < -0.39 is 28.7 Å². The molecule has 3 fully saturated rings. The van der Waals surface area contributed by atoms with Crippen molar-refractivity contribution in [3.05, 3.63) is 101 Å². The van der Waals surface area contributed by atoms with E-state index in [-0.39, 0.29) is 29.6 Å². The van der Waals surface area contributed by atoms with Gasteiger partial charge in [0.1, 0.15) is 6.04 Å². The number of likely N-dealkylation sites (tertiary alicyclic amines) is 1. The lowest BCUT2D eigenvalue weighted by Crippen LogP contribution is -2.55. The molecule has 3 aromatic rings. The number of fused-ring (bicyclic) bond motifs is 1. The molecule has 2 bridgehead atoms. The number of carbonyl (C=O) groups excluding carboxylic acids is 3. The topological polar surface area (TPSA) is 98.7 Å². The standard InChI is InChI=1S/C32H32ClN3O4S/c33-23-13-7-8-14-24(23)35-30(39)28-32-16-15-25(41-32)26(29(38)34-18-21-11-5-2-6-12-21)27(32)31(40)36(28)22(19-37)17-20-9-3-1-4-10-20/h1-14,22,25-28,37H,15-19H2,(H,34,38)(H,35,39)/t22-,25+,26-,27+,28?,32?/m1/s1. The molecule has 3 aliphatic heterocycles. The van der Waals surface area contributed by atoms with Crippen LogP contribution in [0.25, 0.3) is 0 Å². The molecule has 3 saturated heterocycles. The maximum Gasteiger partial charge on any atom is 0.248 e. The van der Waals surface area contributed by atoms with E-state index in [1.54, 1.807) is 40.9 Å². The highest BCUT2D eigenvalue weighted by atomic mass is 35.5. The van der Waals surface area contributed by atoms with E-state index in [1.807, 2.05) is 60.7 Å². The van der Waals surface area contributed by atoms with Crippen molar-refractivity contribution in [2.45, 2.75) is 47.9 Å². The highest BCUT2D eigenvalue weighted by Gasteiger charge is 2.74. The van der Waals surface area contributed by atoms with Gasteiger partial charge in [-0.15, -0.1) is 11.8 Å². The SMILES string of the molecule is O=C(Nc1ccccc1Cl)C1N([C@@H](CO)Cc2ccccc2)C(=O)[C@@H]2[C@H](C(=O)NCc3ccccc3)[C@@H]3CCC12S3. The van der Waals surface area contributed by atoms with Crippen molar-refractivity contribution in [3.8, 4) is 0 Å². The van der Waals surface area contributed by atoms with Crippen LogP contribution in [0.1, 0.15) is 24.0 Å².